The summed E-state index contributed by atoms with van der Waals surface area (Å²) in [6.07, 6.45) is 6.15. The Morgan fingerprint density at radius 2 is 1.69 bits per heavy atom. The van der Waals surface area contributed by atoms with Crippen molar-refractivity contribution >= 4 is 46.5 Å². The van der Waals surface area contributed by atoms with Crippen LogP contribution in [0, 0.1) is 49.9 Å². The highest BCUT2D eigenvalue weighted by Crippen LogP contribution is 2.69. The number of fused-ring (bicyclic) bond motifs is 5. The molecule has 11 atom stereocenters. The van der Waals surface area contributed by atoms with Crippen LogP contribution in [0.25, 0.3) is 0 Å². The first-order valence-corrected chi connectivity index (χ1v) is 17.7. The van der Waals surface area contributed by atoms with Crippen molar-refractivity contribution in [1.82, 2.24) is 0 Å². The van der Waals surface area contributed by atoms with Gasteiger partial charge in [-0.2, -0.15) is 0 Å². The quantitative estimate of drug-likeness (QED) is 0.158. The fourth-order valence-electron chi connectivity index (χ4n) is 10.4. The molecule has 248 valence electrons. The molecule has 0 radical (unpaired) electrons. The lowest BCUT2D eigenvalue weighted by atomic mass is 9.43. The van der Waals surface area contributed by atoms with Gasteiger partial charge in [0.2, 0.25) is 0 Å². The van der Waals surface area contributed by atoms with Gasteiger partial charge < -0.3 is 18.9 Å². The molecule has 10 unspecified atom stereocenters. The zero-order chi connectivity index (χ0) is 32.7. The maximum Gasteiger partial charge on any atom is 0.338 e. The van der Waals surface area contributed by atoms with E-state index in [-0.39, 0.29) is 88.5 Å². The van der Waals surface area contributed by atoms with Crippen molar-refractivity contribution in [2.75, 3.05) is 7.11 Å². The number of methoxy groups -OCH3 is 1. The van der Waals surface area contributed by atoms with Crippen LogP contribution < -0.4 is 0 Å². The molecule has 8 nitrogen and oxygen atoms in total. The monoisotopic (exact) mass is 736 g/mol. The van der Waals surface area contributed by atoms with Crippen LogP contribution in [-0.2, 0) is 33.3 Å². The number of benzene rings is 1. The fraction of sp³-hybridized carbons (Fsp3) is 0.722. The van der Waals surface area contributed by atoms with Gasteiger partial charge in [-0.15, -0.1) is 0 Å². The average Bonchev–Trinajstić information content (AvgIpc) is 3.34. The van der Waals surface area contributed by atoms with Gasteiger partial charge in [-0.25, -0.2) is 4.79 Å². The number of hydrogen-bond donors (Lipinski definition) is 0. The highest BCUT2D eigenvalue weighted by Gasteiger charge is 2.67. The van der Waals surface area contributed by atoms with E-state index >= 15 is 0 Å². The van der Waals surface area contributed by atoms with E-state index in [1.54, 1.807) is 0 Å². The van der Waals surface area contributed by atoms with Crippen molar-refractivity contribution in [3.8, 4) is 0 Å². The molecule has 0 spiro atoms. The third-order valence-electron chi connectivity index (χ3n) is 12.4. The van der Waals surface area contributed by atoms with E-state index in [4.69, 9.17) is 18.9 Å². The Morgan fingerprint density at radius 3 is 2.36 bits per heavy atom. The molecule has 4 aliphatic carbocycles. The lowest BCUT2D eigenvalue weighted by molar-refractivity contribution is -0.218. The lowest BCUT2D eigenvalue weighted by Crippen LogP contribution is -2.63. The van der Waals surface area contributed by atoms with E-state index < -0.39 is 0 Å². The van der Waals surface area contributed by atoms with Gasteiger partial charge in [-0.3, -0.25) is 14.4 Å². The van der Waals surface area contributed by atoms with Crippen molar-refractivity contribution in [2.24, 2.45) is 46.3 Å². The van der Waals surface area contributed by atoms with Crippen molar-refractivity contribution in [1.29, 1.82) is 0 Å². The summed E-state index contributed by atoms with van der Waals surface area (Å²) in [4.78, 5) is 50.3. The second kappa shape index (κ2) is 13.5. The molecule has 45 heavy (non-hydrogen) atoms. The van der Waals surface area contributed by atoms with Crippen molar-refractivity contribution in [3.63, 3.8) is 0 Å². The van der Waals surface area contributed by atoms with Crippen LogP contribution in [0.15, 0.2) is 24.3 Å². The second-order valence-corrected chi connectivity index (χ2v) is 15.9. The maximum absolute atomic E-state index is 13.7. The first-order chi connectivity index (χ1) is 21.3. The summed E-state index contributed by atoms with van der Waals surface area (Å²) in [5, 5.41) is 0. The summed E-state index contributed by atoms with van der Waals surface area (Å²) in [6.45, 7) is 9.83. The van der Waals surface area contributed by atoms with E-state index in [0.717, 1.165) is 42.1 Å². The van der Waals surface area contributed by atoms with Gasteiger partial charge in [-0.1, -0.05) is 26.8 Å². The molecule has 4 saturated carbocycles. The number of ether oxygens (including phenoxy) is 4. The first kappa shape index (κ1) is 34.2. The van der Waals surface area contributed by atoms with Crippen LogP contribution >= 0.6 is 22.6 Å². The predicted molar refractivity (Wildman–Crippen MR) is 176 cm³/mol. The number of rotatable bonds is 8. The minimum atomic E-state index is -0.326. The number of esters is 4. The Balaban J connectivity index is 1.52. The van der Waals surface area contributed by atoms with E-state index in [1.165, 1.54) is 21.0 Å². The van der Waals surface area contributed by atoms with Crippen LogP contribution in [0.1, 0.15) is 103 Å². The first-order valence-electron chi connectivity index (χ1n) is 16.7. The van der Waals surface area contributed by atoms with E-state index in [9.17, 15) is 19.2 Å². The number of carbonyl (C=O) groups is 4. The summed E-state index contributed by atoms with van der Waals surface area (Å²) in [7, 11) is 1.42. The van der Waals surface area contributed by atoms with Crippen molar-refractivity contribution in [3.05, 3.63) is 33.4 Å². The van der Waals surface area contributed by atoms with E-state index in [0.29, 0.717) is 24.8 Å². The molecular weight excluding hydrogens is 687 g/mol. The second-order valence-electron chi connectivity index (χ2n) is 14.7. The van der Waals surface area contributed by atoms with Crippen LogP contribution in [0.2, 0.25) is 0 Å². The molecule has 0 heterocycles. The SMILES string of the molecule is COC(=O)CC[C@@H](C)C1CCC2C3C(OC(=O)c4cccc(I)c4)CC4CC(OC(C)=O)CCC4(C)C3CC(OC(C)=O)C21C. The largest absolute Gasteiger partial charge is 0.469 e. The zero-order valence-electron chi connectivity index (χ0n) is 27.5. The van der Waals surface area contributed by atoms with E-state index in [2.05, 4.69) is 43.4 Å². The van der Waals surface area contributed by atoms with Gasteiger partial charge in [0.15, 0.2) is 0 Å². The maximum atomic E-state index is 13.7. The van der Waals surface area contributed by atoms with E-state index in [1.807, 2.05) is 24.3 Å². The van der Waals surface area contributed by atoms with Gasteiger partial charge in [0.1, 0.15) is 18.3 Å². The lowest BCUT2D eigenvalue weighted by Gasteiger charge is -2.64. The summed E-state index contributed by atoms with van der Waals surface area (Å²) in [5.74, 6) is 0.0881. The molecule has 0 bridgehead atoms. The standard InChI is InChI=1S/C36H49IO8/c1-20(10-13-32(40)42-6)27-11-12-28-33-29(19-31(36(27,28)5)44-22(3)39)35(4)15-14-26(43-21(2)38)17-24(35)18-30(33)45-34(41)23-8-7-9-25(37)16-23/h7-9,16,20,24,26-31,33H,10-15,17-19H2,1-6H3/t20-,24?,26?,27?,28?,29?,30?,31?,33?,35?,36?/m1/s1. The minimum absolute atomic E-state index is 0.0688. The minimum Gasteiger partial charge on any atom is -0.469 e. The van der Waals surface area contributed by atoms with Gasteiger partial charge in [0, 0.05) is 35.2 Å². The van der Waals surface area contributed by atoms with Crippen molar-refractivity contribution < 1.29 is 38.1 Å². The van der Waals surface area contributed by atoms with Crippen LogP contribution in [0.5, 0.6) is 0 Å². The van der Waals surface area contributed by atoms with Crippen LogP contribution in [-0.4, -0.2) is 49.3 Å². The van der Waals surface area contributed by atoms with Crippen LogP contribution in [0.3, 0.4) is 0 Å². The zero-order valence-corrected chi connectivity index (χ0v) is 29.7. The molecule has 1 aromatic rings. The molecule has 0 saturated heterocycles. The Bertz CT molecular complexity index is 1300. The van der Waals surface area contributed by atoms with Crippen molar-refractivity contribution in [2.45, 2.75) is 111 Å². The molecule has 1 aromatic carbocycles. The Morgan fingerprint density at radius 1 is 0.956 bits per heavy atom. The highest BCUT2D eigenvalue weighted by molar-refractivity contribution is 14.1. The number of carbonyl (C=O) groups excluding carboxylic acids is 4. The Kier molecular flexibility index (Phi) is 10.3. The molecule has 0 aromatic heterocycles. The number of halogens is 1. The van der Waals surface area contributed by atoms with Crippen LogP contribution in [0.4, 0.5) is 0 Å². The third kappa shape index (κ3) is 6.66. The summed E-state index contributed by atoms with van der Waals surface area (Å²) in [5.41, 5.74) is 0.152. The molecule has 4 aliphatic rings. The summed E-state index contributed by atoms with van der Waals surface area (Å²) >= 11 is 2.21. The third-order valence-corrected chi connectivity index (χ3v) is 13.1. The normalized spacial score (nSPS) is 37.7. The number of hydrogen-bond acceptors (Lipinski definition) is 8. The van der Waals surface area contributed by atoms with Gasteiger partial charge >= 0.3 is 23.9 Å². The predicted octanol–water partition coefficient (Wildman–Crippen LogP) is 7.15. The molecule has 0 aliphatic heterocycles. The van der Waals surface area contributed by atoms with Gasteiger partial charge in [0.05, 0.1) is 12.7 Å². The molecule has 0 N–H and O–H groups in total. The fourth-order valence-corrected chi connectivity index (χ4v) is 10.9. The average molecular weight is 737 g/mol. The topological polar surface area (TPSA) is 105 Å². The molecule has 0 amide bonds. The smallest absolute Gasteiger partial charge is 0.338 e. The van der Waals surface area contributed by atoms with Gasteiger partial charge in [0.25, 0.3) is 0 Å². The Labute approximate surface area is 281 Å². The highest BCUT2D eigenvalue weighted by atomic mass is 127. The summed E-state index contributed by atoms with van der Waals surface area (Å²) < 4.78 is 24.5. The summed E-state index contributed by atoms with van der Waals surface area (Å²) in [6, 6.07) is 7.50. The Hall–Kier alpha value is -2.17. The molecule has 4 fully saturated rings. The molecule has 5 rings (SSSR count). The molecule has 9 heteroatoms. The van der Waals surface area contributed by atoms with Gasteiger partial charge in [-0.05, 0) is 127 Å². The molecular formula is C36H49IO8.